The van der Waals surface area contributed by atoms with Gasteiger partial charge in [-0.05, 0) is 18.2 Å². The molecule has 6 nitrogen and oxygen atoms in total. The third kappa shape index (κ3) is 3.76. The van der Waals surface area contributed by atoms with Crippen LogP contribution in [0.1, 0.15) is 9.67 Å². The number of rotatable bonds is 5. The van der Waals surface area contributed by atoms with E-state index in [1.807, 2.05) is 0 Å². The average molecular weight is 310 g/mol. The highest BCUT2D eigenvalue weighted by Gasteiger charge is 2.15. The normalized spacial score (nSPS) is 10.3. The molecular formula is C13H11FN2O4S. The van der Waals surface area contributed by atoms with Crippen LogP contribution in [0.3, 0.4) is 0 Å². The molecule has 0 saturated heterocycles. The number of primary amides is 1. The summed E-state index contributed by atoms with van der Waals surface area (Å²) in [5.41, 5.74) is 4.85. The molecule has 0 atom stereocenters. The van der Waals surface area contributed by atoms with Gasteiger partial charge in [0, 0.05) is 10.1 Å². The van der Waals surface area contributed by atoms with Crippen LogP contribution in [0.5, 0.6) is 0 Å². The van der Waals surface area contributed by atoms with Crippen LogP contribution in [0.4, 0.5) is 4.39 Å². The Morgan fingerprint density at radius 3 is 2.76 bits per heavy atom. The molecule has 0 bridgehead atoms. The molecule has 0 saturated carbocycles. The largest absolute Gasteiger partial charge is 0.451 e. The molecule has 2 rings (SSSR count). The summed E-state index contributed by atoms with van der Waals surface area (Å²) < 4.78 is 18.9. The van der Waals surface area contributed by atoms with E-state index in [9.17, 15) is 18.8 Å². The van der Waals surface area contributed by atoms with Crippen molar-refractivity contribution < 1.29 is 23.5 Å². The monoisotopic (exact) mass is 310 g/mol. The SMILES string of the molecule is NC(=O)CNC(=O)COC(=O)c1cc2c(F)cccc2s1. The summed E-state index contributed by atoms with van der Waals surface area (Å²) in [6, 6.07) is 5.89. The van der Waals surface area contributed by atoms with E-state index in [1.54, 1.807) is 12.1 Å². The van der Waals surface area contributed by atoms with Crippen molar-refractivity contribution >= 4 is 39.2 Å². The van der Waals surface area contributed by atoms with Crippen molar-refractivity contribution in [2.24, 2.45) is 5.73 Å². The molecule has 0 aliphatic carbocycles. The number of hydrogen-bond donors (Lipinski definition) is 2. The zero-order chi connectivity index (χ0) is 15.4. The molecule has 0 aliphatic heterocycles. The second-order valence-electron chi connectivity index (χ2n) is 4.08. The molecule has 0 radical (unpaired) electrons. The number of halogens is 1. The van der Waals surface area contributed by atoms with E-state index in [4.69, 9.17) is 10.5 Å². The fourth-order valence-corrected chi connectivity index (χ4v) is 2.53. The van der Waals surface area contributed by atoms with Crippen molar-refractivity contribution in [2.45, 2.75) is 0 Å². The Kier molecular flexibility index (Phi) is 4.49. The highest BCUT2D eigenvalue weighted by atomic mass is 32.1. The Bertz CT molecular complexity index is 713. The van der Waals surface area contributed by atoms with Gasteiger partial charge in [0.15, 0.2) is 6.61 Å². The topological polar surface area (TPSA) is 98.5 Å². The summed E-state index contributed by atoms with van der Waals surface area (Å²) in [6.45, 7) is -0.868. The number of amides is 2. The van der Waals surface area contributed by atoms with Crippen LogP contribution >= 0.6 is 11.3 Å². The van der Waals surface area contributed by atoms with Crippen LogP contribution in [0.2, 0.25) is 0 Å². The molecule has 2 aromatic rings. The average Bonchev–Trinajstić information content (AvgIpc) is 2.88. The van der Waals surface area contributed by atoms with Gasteiger partial charge in [0.05, 0.1) is 6.54 Å². The molecule has 0 aliphatic rings. The minimum Gasteiger partial charge on any atom is -0.451 e. The molecule has 0 spiro atoms. The maximum absolute atomic E-state index is 13.5. The second-order valence-corrected chi connectivity index (χ2v) is 5.17. The predicted molar refractivity (Wildman–Crippen MR) is 74.3 cm³/mol. The van der Waals surface area contributed by atoms with Gasteiger partial charge in [0.2, 0.25) is 5.91 Å². The van der Waals surface area contributed by atoms with Crippen molar-refractivity contribution in [3.8, 4) is 0 Å². The summed E-state index contributed by atoms with van der Waals surface area (Å²) in [6.07, 6.45) is 0. The number of nitrogens with two attached hydrogens (primary N) is 1. The first kappa shape index (κ1) is 14.9. The number of esters is 1. The van der Waals surface area contributed by atoms with Gasteiger partial charge >= 0.3 is 5.97 Å². The Hall–Kier alpha value is -2.48. The van der Waals surface area contributed by atoms with Gasteiger partial charge < -0.3 is 15.8 Å². The van der Waals surface area contributed by atoms with Gasteiger partial charge in [0.25, 0.3) is 5.91 Å². The summed E-state index contributed by atoms with van der Waals surface area (Å²) in [7, 11) is 0. The van der Waals surface area contributed by atoms with Gasteiger partial charge in [-0.1, -0.05) is 6.07 Å². The number of thiophene rings is 1. The molecule has 1 aromatic heterocycles. The van der Waals surface area contributed by atoms with Gasteiger partial charge in [-0.25, -0.2) is 9.18 Å². The lowest BCUT2D eigenvalue weighted by molar-refractivity contribution is -0.127. The molecular weight excluding hydrogens is 299 g/mol. The highest BCUT2D eigenvalue weighted by Crippen LogP contribution is 2.27. The van der Waals surface area contributed by atoms with E-state index < -0.39 is 30.2 Å². The van der Waals surface area contributed by atoms with Crippen molar-refractivity contribution in [2.75, 3.05) is 13.2 Å². The van der Waals surface area contributed by atoms with Gasteiger partial charge in [-0.15, -0.1) is 11.3 Å². The lowest BCUT2D eigenvalue weighted by atomic mass is 10.2. The van der Waals surface area contributed by atoms with E-state index in [-0.39, 0.29) is 11.4 Å². The summed E-state index contributed by atoms with van der Waals surface area (Å²) >= 11 is 1.07. The number of carbonyl (C=O) groups is 3. The molecule has 1 heterocycles. The number of carbonyl (C=O) groups excluding carboxylic acids is 3. The molecule has 21 heavy (non-hydrogen) atoms. The lowest BCUT2D eigenvalue weighted by Crippen LogP contribution is -2.35. The van der Waals surface area contributed by atoms with Crippen LogP contribution in [-0.2, 0) is 14.3 Å². The number of fused-ring (bicyclic) bond motifs is 1. The van der Waals surface area contributed by atoms with E-state index in [0.717, 1.165) is 11.3 Å². The zero-order valence-electron chi connectivity index (χ0n) is 10.7. The van der Waals surface area contributed by atoms with E-state index in [2.05, 4.69) is 5.32 Å². The van der Waals surface area contributed by atoms with Crippen molar-refractivity contribution in [3.63, 3.8) is 0 Å². The fourth-order valence-electron chi connectivity index (χ4n) is 1.56. The second kappa shape index (κ2) is 6.31. The Labute approximate surface area is 122 Å². The van der Waals surface area contributed by atoms with Crippen molar-refractivity contribution in [3.05, 3.63) is 35.0 Å². The Morgan fingerprint density at radius 2 is 2.10 bits per heavy atom. The molecule has 8 heteroatoms. The first-order chi connectivity index (χ1) is 9.97. The van der Waals surface area contributed by atoms with Gasteiger partial charge in [-0.3, -0.25) is 9.59 Å². The minimum atomic E-state index is -0.732. The van der Waals surface area contributed by atoms with Crippen molar-refractivity contribution in [1.29, 1.82) is 0 Å². The maximum atomic E-state index is 13.5. The molecule has 110 valence electrons. The Morgan fingerprint density at radius 1 is 1.33 bits per heavy atom. The first-order valence-corrected chi connectivity index (χ1v) is 6.69. The van der Waals surface area contributed by atoms with Crippen LogP contribution in [0.25, 0.3) is 10.1 Å². The molecule has 3 N–H and O–H groups in total. The first-order valence-electron chi connectivity index (χ1n) is 5.87. The lowest BCUT2D eigenvalue weighted by Gasteiger charge is -2.03. The minimum absolute atomic E-state index is 0.192. The fraction of sp³-hybridized carbons (Fsp3) is 0.154. The number of nitrogens with one attached hydrogen (secondary N) is 1. The summed E-state index contributed by atoms with van der Waals surface area (Å²) in [5, 5.41) is 2.50. The molecule has 0 unspecified atom stereocenters. The van der Waals surface area contributed by atoms with Crippen molar-refractivity contribution in [1.82, 2.24) is 5.32 Å². The third-order valence-corrected chi connectivity index (χ3v) is 3.58. The van der Waals surface area contributed by atoms with Crippen LogP contribution in [-0.4, -0.2) is 30.9 Å². The summed E-state index contributed by atoms with van der Waals surface area (Å²) in [4.78, 5) is 33.7. The highest BCUT2D eigenvalue weighted by molar-refractivity contribution is 7.20. The van der Waals surface area contributed by atoms with Crippen LogP contribution in [0, 0.1) is 5.82 Å². The molecule has 1 aromatic carbocycles. The smallest absolute Gasteiger partial charge is 0.348 e. The number of hydrogen-bond acceptors (Lipinski definition) is 5. The van der Waals surface area contributed by atoms with Crippen LogP contribution in [0.15, 0.2) is 24.3 Å². The third-order valence-electron chi connectivity index (χ3n) is 2.50. The quantitative estimate of drug-likeness (QED) is 0.798. The molecule has 0 fully saturated rings. The maximum Gasteiger partial charge on any atom is 0.348 e. The van der Waals surface area contributed by atoms with Gasteiger partial charge in [0.1, 0.15) is 10.7 Å². The Balaban J connectivity index is 1.97. The standard InChI is InChI=1S/C13H11FN2O4S/c14-8-2-1-3-9-7(8)4-10(21-9)13(19)20-6-12(18)16-5-11(15)17/h1-4H,5-6H2,(H2,15,17)(H,16,18). The predicted octanol–water partition coefficient (Wildman–Crippen LogP) is 0.799. The van der Waals surface area contributed by atoms with Crippen LogP contribution < -0.4 is 11.1 Å². The van der Waals surface area contributed by atoms with Gasteiger partial charge in [-0.2, -0.15) is 0 Å². The van der Waals surface area contributed by atoms with E-state index >= 15 is 0 Å². The molecule has 2 amide bonds. The zero-order valence-corrected chi connectivity index (χ0v) is 11.5. The van der Waals surface area contributed by atoms with E-state index in [0.29, 0.717) is 10.1 Å². The summed E-state index contributed by atoms with van der Waals surface area (Å²) in [5.74, 6) is -2.50. The van der Waals surface area contributed by atoms with E-state index in [1.165, 1.54) is 12.1 Å². The number of ether oxygens (including phenoxy) is 1. The number of benzene rings is 1.